The predicted molar refractivity (Wildman–Crippen MR) is 114 cm³/mol. The number of amides is 2. The van der Waals surface area contributed by atoms with Gasteiger partial charge in [-0.25, -0.2) is 0 Å². The van der Waals surface area contributed by atoms with E-state index in [4.69, 9.17) is 4.74 Å². The van der Waals surface area contributed by atoms with Gasteiger partial charge < -0.3 is 15.4 Å². The molecule has 158 valence electrons. The number of rotatable bonds is 5. The fourth-order valence-electron chi connectivity index (χ4n) is 3.68. The molecule has 1 aliphatic rings. The molecular formula is C22H27N5O3. The summed E-state index contributed by atoms with van der Waals surface area (Å²) >= 11 is 0. The third-order valence-corrected chi connectivity index (χ3v) is 5.76. The van der Waals surface area contributed by atoms with Gasteiger partial charge in [0.2, 0.25) is 11.8 Å². The van der Waals surface area contributed by atoms with Crippen LogP contribution >= 0.6 is 0 Å². The van der Waals surface area contributed by atoms with Crippen molar-refractivity contribution in [3.8, 4) is 17.5 Å². The maximum Gasteiger partial charge on any atom is 0.240 e. The summed E-state index contributed by atoms with van der Waals surface area (Å²) in [6, 6.07) is 9.62. The summed E-state index contributed by atoms with van der Waals surface area (Å²) in [6.45, 7) is 8.49. The molecule has 1 fully saturated rings. The van der Waals surface area contributed by atoms with E-state index in [0.29, 0.717) is 24.5 Å². The van der Waals surface area contributed by atoms with Crippen LogP contribution < -0.4 is 15.4 Å². The molecule has 0 aliphatic carbocycles. The first-order chi connectivity index (χ1) is 14.2. The Hall–Kier alpha value is -3.31. The minimum absolute atomic E-state index is 0.0528. The number of carbonyl (C=O) groups excluding carboxylic acids is 2. The van der Waals surface area contributed by atoms with Crippen LogP contribution in [0.4, 0.5) is 5.82 Å². The van der Waals surface area contributed by atoms with Crippen LogP contribution in [0, 0.1) is 25.2 Å². The van der Waals surface area contributed by atoms with Crippen molar-refractivity contribution in [3.63, 3.8) is 0 Å². The van der Waals surface area contributed by atoms with Gasteiger partial charge in [-0.15, -0.1) is 0 Å². The molecule has 0 saturated carbocycles. The molecule has 1 aromatic heterocycles. The smallest absolute Gasteiger partial charge is 0.240 e. The number of hydrogen-bond donors (Lipinski definition) is 2. The normalized spacial score (nSPS) is 15.9. The molecular weight excluding hydrogens is 382 g/mol. The molecule has 0 spiro atoms. The van der Waals surface area contributed by atoms with Gasteiger partial charge in [-0.1, -0.05) is 0 Å². The molecule has 1 saturated heterocycles. The Bertz CT molecular complexity index is 1010. The van der Waals surface area contributed by atoms with Crippen molar-refractivity contribution in [1.82, 2.24) is 14.8 Å². The summed E-state index contributed by atoms with van der Waals surface area (Å²) in [6.07, 6.45) is 0. The summed E-state index contributed by atoms with van der Waals surface area (Å²) in [5, 5.41) is 15.5. The number of hydrogen-bond acceptors (Lipinski definition) is 5. The van der Waals surface area contributed by atoms with Crippen LogP contribution in [-0.2, 0) is 9.59 Å². The van der Waals surface area contributed by atoms with Crippen LogP contribution in [-0.4, -0.2) is 53.6 Å². The minimum Gasteiger partial charge on any atom is -0.497 e. The van der Waals surface area contributed by atoms with Crippen molar-refractivity contribution in [1.29, 1.82) is 5.26 Å². The quantitative estimate of drug-likeness (QED) is 0.788. The number of nitrogens with one attached hydrogen (secondary N) is 2. The Morgan fingerprint density at radius 2 is 1.97 bits per heavy atom. The number of aromatic nitrogens is 1. The Balaban J connectivity index is 1.93. The number of methoxy groups -OCH3 is 1. The van der Waals surface area contributed by atoms with Crippen molar-refractivity contribution >= 4 is 17.6 Å². The van der Waals surface area contributed by atoms with E-state index in [1.807, 2.05) is 47.6 Å². The van der Waals surface area contributed by atoms with Crippen molar-refractivity contribution < 1.29 is 14.3 Å². The number of anilines is 1. The monoisotopic (exact) mass is 409 g/mol. The Morgan fingerprint density at radius 3 is 2.57 bits per heavy atom. The molecule has 0 atom stereocenters. The third kappa shape index (κ3) is 3.76. The van der Waals surface area contributed by atoms with E-state index in [0.717, 1.165) is 22.7 Å². The number of nitriles is 1. The summed E-state index contributed by atoms with van der Waals surface area (Å²) in [5.41, 5.74) is 2.13. The molecule has 3 rings (SSSR count). The highest BCUT2D eigenvalue weighted by Crippen LogP contribution is 2.31. The van der Waals surface area contributed by atoms with Gasteiger partial charge in [0.05, 0.1) is 24.8 Å². The average molecular weight is 409 g/mol. The summed E-state index contributed by atoms with van der Waals surface area (Å²) in [7, 11) is 1.60. The SMILES string of the molecule is COc1ccc(-n2c(C)c(C)c(C#N)c2NC(=O)CN2CCNC(=O)C2(C)C)cc1. The lowest BCUT2D eigenvalue weighted by atomic mass is 9.99. The van der Waals surface area contributed by atoms with Gasteiger partial charge in [0.1, 0.15) is 17.6 Å². The molecule has 2 amide bonds. The fraction of sp³-hybridized carbons (Fsp3) is 0.409. The van der Waals surface area contributed by atoms with Crippen molar-refractivity contribution in [2.45, 2.75) is 33.2 Å². The third-order valence-electron chi connectivity index (χ3n) is 5.76. The molecule has 2 N–H and O–H groups in total. The lowest BCUT2D eigenvalue weighted by molar-refractivity contribution is -0.136. The predicted octanol–water partition coefficient (Wildman–Crippen LogP) is 2.12. The van der Waals surface area contributed by atoms with E-state index in [1.165, 1.54) is 0 Å². The van der Waals surface area contributed by atoms with Crippen molar-refractivity contribution in [2.24, 2.45) is 0 Å². The van der Waals surface area contributed by atoms with E-state index >= 15 is 0 Å². The van der Waals surface area contributed by atoms with Gasteiger partial charge in [-0.2, -0.15) is 5.26 Å². The van der Waals surface area contributed by atoms with E-state index in [9.17, 15) is 14.9 Å². The molecule has 8 nitrogen and oxygen atoms in total. The fourth-order valence-corrected chi connectivity index (χ4v) is 3.68. The zero-order valence-corrected chi connectivity index (χ0v) is 18.0. The Labute approximate surface area is 176 Å². The second-order valence-corrected chi connectivity index (χ2v) is 7.86. The molecule has 8 heteroatoms. The summed E-state index contributed by atoms with van der Waals surface area (Å²) in [4.78, 5) is 26.9. The molecule has 0 radical (unpaired) electrons. The zero-order valence-electron chi connectivity index (χ0n) is 18.0. The number of piperazine rings is 1. The van der Waals surface area contributed by atoms with Gasteiger partial charge in [0.15, 0.2) is 0 Å². The van der Waals surface area contributed by atoms with Crippen LogP contribution in [0.5, 0.6) is 5.75 Å². The van der Waals surface area contributed by atoms with Crippen LogP contribution in [0.3, 0.4) is 0 Å². The molecule has 30 heavy (non-hydrogen) atoms. The highest BCUT2D eigenvalue weighted by molar-refractivity contribution is 5.95. The minimum atomic E-state index is -0.780. The van der Waals surface area contributed by atoms with Crippen molar-refractivity contribution in [2.75, 3.05) is 32.1 Å². The molecule has 1 aromatic carbocycles. The van der Waals surface area contributed by atoms with E-state index in [-0.39, 0.29) is 18.4 Å². The standard InChI is InChI=1S/C22H27N5O3/c1-14-15(2)27(16-6-8-17(30-5)9-7-16)20(18(14)12-23)25-19(28)13-26-11-10-24-21(29)22(26,3)4/h6-9H,10-11,13H2,1-5H3,(H,24,29)(H,25,28). The number of nitrogens with zero attached hydrogens (tertiary/aromatic N) is 3. The number of carbonyl (C=O) groups is 2. The van der Waals surface area contributed by atoms with Crippen LogP contribution in [0.15, 0.2) is 24.3 Å². The van der Waals surface area contributed by atoms with Gasteiger partial charge in [-0.3, -0.25) is 19.1 Å². The first-order valence-electron chi connectivity index (χ1n) is 9.80. The van der Waals surface area contributed by atoms with E-state index < -0.39 is 5.54 Å². The maximum atomic E-state index is 12.9. The second-order valence-electron chi connectivity index (χ2n) is 7.86. The lowest BCUT2D eigenvalue weighted by Crippen LogP contribution is -2.63. The van der Waals surface area contributed by atoms with E-state index in [1.54, 1.807) is 21.0 Å². The maximum absolute atomic E-state index is 12.9. The van der Waals surface area contributed by atoms with Gasteiger partial charge in [0, 0.05) is 24.5 Å². The Morgan fingerprint density at radius 1 is 1.30 bits per heavy atom. The molecule has 1 aliphatic heterocycles. The molecule has 2 heterocycles. The largest absolute Gasteiger partial charge is 0.497 e. The van der Waals surface area contributed by atoms with Gasteiger partial charge in [-0.05, 0) is 57.5 Å². The number of benzene rings is 1. The topological polar surface area (TPSA) is 99.4 Å². The first-order valence-corrected chi connectivity index (χ1v) is 9.80. The lowest BCUT2D eigenvalue weighted by Gasteiger charge is -2.40. The van der Waals surface area contributed by atoms with Crippen molar-refractivity contribution in [3.05, 3.63) is 41.1 Å². The van der Waals surface area contributed by atoms with Crippen LogP contribution in [0.25, 0.3) is 5.69 Å². The van der Waals surface area contributed by atoms with Crippen LogP contribution in [0.2, 0.25) is 0 Å². The van der Waals surface area contributed by atoms with Gasteiger partial charge in [0.25, 0.3) is 0 Å². The number of ether oxygens (including phenoxy) is 1. The first kappa shape index (κ1) is 21.4. The summed E-state index contributed by atoms with van der Waals surface area (Å²) in [5.74, 6) is 0.771. The van der Waals surface area contributed by atoms with Crippen LogP contribution in [0.1, 0.15) is 30.7 Å². The molecule has 0 unspecified atom stereocenters. The molecule has 0 bridgehead atoms. The highest BCUT2D eigenvalue weighted by atomic mass is 16.5. The zero-order chi connectivity index (χ0) is 22.1. The highest BCUT2D eigenvalue weighted by Gasteiger charge is 2.38. The Kier molecular flexibility index (Phi) is 5.85. The van der Waals surface area contributed by atoms with Gasteiger partial charge >= 0.3 is 0 Å². The average Bonchev–Trinajstić information content (AvgIpc) is 2.95. The second kappa shape index (κ2) is 8.20. The summed E-state index contributed by atoms with van der Waals surface area (Å²) < 4.78 is 7.08. The molecule has 2 aromatic rings. The van der Waals surface area contributed by atoms with E-state index in [2.05, 4.69) is 16.7 Å².